The van der Waals surface area contributed by atoms with Gasteiger partial charge in [-0.1, -0.05) is 29.8 Å². The molecule has 8 heteroatoms. The van der Waals surface area contributed by atoms with E-state index in [-0.39, 0.29) is 18.0 Å². The van der Waals surface area contributed by atoms with Crippen LogP contribution in [0.25, 0.3) is 0 Å². The average molecular weight is 460 g/mol. The molecule has 4 rings (SSSR count). The van der Waals surface area contributed by atoms with Gasteiger partial charge in [0.15, 0.2) is 11.5 Å². The summed E-state index contributed by atoms with van der Waals surface area (Å²) in [6.07, 6.45) is 0. The maximum absolute atomic E-state index is 13.6. The Morgan fingerprint density at radius 1 is 0.968 bits per heavy atom. The van der Waals surface area contributed by atoms with Crippen molar-refractivity contribution in [3.63, 3.8) is 0 Å². The van der Waals surface area contributed by atoms with E-state index < -0.39 is 10.0 Å². The minimum atomic E-state index is -3.89. The molecule has 6 nitrogen and oxygen atoms in total. The van der Waals surface area contributed by atoms with Gasteiger partial charge in [-0.2, -0.15) is 0 Å². The average Bonchev–Trinajstić information content (AvgIpc) is 2.78. The molecule has 162 valence electrons. The van der Waals surface area contributed by atoms with Crippen molar-refractivity contribution >= 4 is 27.3 Å². The highest BCUT2D eigenvalue weighted by Crippen LogP contribution is 2.34. The van der Waals surface area contributed by atoms with Crippen LogP contribution in [0.1, 0.15) is 5.56 Å². The van der Waals surface area contributed by atoms with Crippen molar-refractivity contribution in [1.82, 2.24) is 0 Å². The number of benzene rings is 3. The Hall–Kier alpha value is -2.90. The third-order valence-electron chi connectivity index (χ3n) is 4.86. The minimum Gasteiger partial charge on any atom is -0.491 e. The molecule has 1 aliphatic heterocycles. The van der Waals surface area contributed by atoms with E-state index in [1.54, 1.807) is 30.3 Å². The molecule has 3 aromatic carbocycles. The van der Waals surface area contributed by atoms with Crippen LogP contribution in [0.4, 0.5) is 5.69 Å². The molecule has 31 heavy (non-hydrogen) atoms. The van der Waals surface area contributed by atoms with Gasteiger partial charge in [0.05, 0.1) is 17.1 Å². The van der Waals surface area contributed by atoms with Crippen LogP contribution in [0, 0.1) is 6.92 Å². The maximum atomic E-state index is 13.6. The summed E-state index contributed by atoms with van der Waals surface area (Å²) in [5.74, 6) is 1.67. The zero-order valence-corrected chi connectivity index (χ0v) is 18.5. The standard InChI is InChI=1S/C23H22ClNO5S/c1-17-4-2-3-5-21(17)28-13-12-25(19-8-6-18(24)7-9-19)31(26,27)20-10-11-22-23(16-20)30-15-14-29-22/h2-11,16H,12-15H2,1H3. The molecule has 0 bridgehead atoms. The van der Waals surface area contributed by atoms with Gasteiger partial charge in [-0.25, -0.2) is 8.42 Å². The van der Waals surface area contributed by atoms with Crippen molar-refractivity contribution < 1.29 is 22.6 Å². The second-order valence-corrected chi connectivity index (χ2v) is 9.27. The van der Waals surface area contributed by atoms with Crippen LogP contribution in [0.2, 0.25) is 5.02 Å². The van der Waals surface area contributed by atoms with E-state index in [0.29, 0.717) is 35.4 Å². The van der Waals surface area contributed by atoms with Crippen molar-refractivity contribution in [3.05, 3.63) is 77.3 Å². The lowest BCUT2D eigenvalue weighted by Gasteiger charge is -2.26. The van der Waals surface area contributed by atoms with Gasteiger partial charge >= 0.3 is 0 Å². The number of sulfonamides is 1. The molecule has 0 atom stereocenters. The summed E-state index contributed by atoms with van der Waals surface area (Å²) in [4.78, 5) is 0.114. The third-order valence-corrected chi connectivity index (χ3v) is 6.94. The normalized spacial score (nSPS) is 13.0. The Bertz CT molecular complexity index is 1160. The van der Waals surface area contributed by atoms with Gasteiger partial charge in [-0.15, -0.1) is 0 Å². The maximum Gasteiger partial charge on any atom is 0.264 e. The lowest BCUT2D eigenvalue weighted by atomic mass is 10.2. The number of hydrogen-bond donors (Lipinski definition) is 0. The molecule has 0 unspecified atom stereocenters. The molecular weight excluding hydrogens is 438 g/mol. The highest BCUT2D eigenvalue weighted by Gasteiger charge is 2.27. The van der Waals surface area contributed by atoms with Crippen LogP contribution in [0.15, 0.2) is 71.6 Å². The van der Waals surface area contributed by atoms with E-state index in [4.69, 9.17) is 25.8 Å². The van der Waals surface area contributed by atoms with Crippen LogP contribution in [0.3, 0.4) is 0 Å². The van der Waals surface area contributed by atoms with Crippen molar-refractivity contribution in [2.45, 2.75) is 11.8 Å². The number of aryl methyl sites for hydroxylation is 1. The summed E-state index contributed by atoms with van der Waals surface area (Å²) in [6, 6.07) is 18.9. The first-order chi connectivity index (χ1) is 14.9. The topological polar surface area (TPSA) is 65.1 Å². The van der Waals surface area contributed by atoms with E-state index in [9.17, 15) is 8.42 Å². The Morgan fingerprint density at radius 3 is 2.42 bits per heavy atom. The molecule has 0 aliphatic carbocycles. The lowest BCUT2D eigenvalue weighted by Crippen LogP contribution is -2.35. The van der Waals surface area contributed by atoms with Crippen LogP contribution in [0.5, 0.6) is 17.2 Å². The fourth-order valence-corrected chi connectivity index (χ4v) is 4.85. The van der Waals surface area contributed by atoms with E-state index in [0.717, 1.165) is 11.3 Å². The van der Waals surface area contributed by atoms with E-state index >= 15 is 0 Å². The van der Waals surface area contributed by atoms with Gasteiger partial charge in [0.1, 0.15) is 25.6 Å². The Balaban J connectivity index is 1.63. The van der Waals surface area contributed by atoms with Gasteiger partial charge in [-0.05, 0) is 55.0 Å². The van der Waals surface area contributed by atoms with Crippen molar-refractivity contribution in [3.8, 4) is 17.2 Å². The van der Waals surface area contributed by atoms with Gasteiger partial charge in [-0.3, -0.25) is 4.31 Å². The summed E-state index contributed by atoms with van der Waals surface area (Å²) >= 11 is 6.01. The number of rotatable bonds is 7. The lowest BCUT2D eigenvalue weighted by molar-refractivity contribution is 0.171. The minimum absolute atomic E-state index is 0.114. The summed E-state index contributed by atoms with van der Waals surface area (Å²) in [7, 11) is -3.89. The number of anilines is 1. The fourth-order valence-electron chi connectivity index (χ4n) is 3.26. The predicted octanol–water partition coefficient (Wildman–Crippen LogP) is 4.69. The molecule has 0 radical (unpaired) electrons. The molecule has 0 fully saturated rings. The Labute approximate surface area is 187 Å². The second-order valence-electron chi connectivity index (χ2n) is 6.97. The van der Waals surface area contributed by atoms with E-state index in [1.807, 2.05) is 31.2 Å². The molecule has 0 amide bonds. The monoisotopic (exact) mass is 459 g/mol. The number of nitrogens with zero attached hydrogens (tertiary/aromatic N) is 1. The van der Waals surface area contributed by atoms with Crippen molar-refractivity contribution in [2.24, 2.45) is 0 Å². The zero-order chi connectivity index (χ0) is 21.8. The SMILES string of the molecule is Cc1ccccc1OCCN(c1ccc(Cl)cc1)S(=O)(=O)c1ccc2c(c1)OCCO2. The van der Waals surface area contributed by atoms with Gasteiger partial charge < -0.3 is 14.2 Å². The van der Waals surface area contributed by atoms with E-state index in [2.05, 4.69) is 0 Å². The first-order valence-electron chi connectivity index (χ1n) is 9.81. The molecule has 0 spiro atoms. The molecule has 1 aliphatic rings. The summed E-state index contributed by atoms with van der Waals surface area (Å²) in [5.41, 5.74) is 1.47. The summed E-state index contributed by atoms with van der Waals surface area (Å²) in [5, 5.41) is 0.525. The predicted molar refractivity (Wildman–Crippen MR) is 120 cm³/mol. The third kappa shape index (κ3) is 4.73. The zero-order valence-electron chi connectivity index (χ0n) is 17.0. The summed E-state index contributed by atoms with van der Waals surface area (Å²) in [6.45, 7) is 3.05. The number of para-hydroxylation sites is 1. The highest BCUT2D eigenvalue weighted by molar-refractivity contribution is 7.92. The first-order valence-corrected chi connectivity index (χ1v) is 11.6. The first kappa shape index (κ1) is 21.3. The van der Waals surface area contributed by atoms with Gasteiger partial charge in [0.25, 0.3) is 10.0 Å². The van der Waals surface area contributed by atoms with Crippen molar-refractivity contribution in [1.29, 1.82) is 0 Å². The smallest absolute Gasteiger partial charge is 0.264 e. The second kappa shape index (κ2) is 9.08. The van der Waals surface area contributed by atoms with Gasteiger partial charge in [0.2, 0.25) is 0 Å². The van der Waals surface area contributed by atoms with E-state index in [1.165, 1.54) is 16.4 Å². The van der Waals surface area contributed by atoms with Crippen LogP contribution in [-0.4, -0.2) is 34.8 Å². The van der Waals surface area contributed by atoms with Crippen LogP contribution < -0.4 is 18.5 Å². The summed E-state index contributed by atoms with van der Waals surface area (Å²) < 4.78 is 45.3. The largest absolute Gasteiger partial charge is 0.491 e. The highest BCUT2D eigenvalue weighted by atomic mass is 35.5. The quantitative estimate of drug-likeness (QED) is 0.512. The number of hydrogen-bond acceptors (Lipinski definition) is 5. The van der Waals surface area contributed by atoms with Crippen molar-refractivity contribution in [2.75, 3.05) is 30.7 Å². The molecule has 3 aromatic rings. The Morgan fingerprint density at radius 2 is 1.68 bits per heavy atom. The van der Waals surface area contributed by atoms with Gasteiger partial charge in [0, 0.05) is 11.1 Å². The molecule has 0 saturated heterocycles. The Kier molecular flexibility index (Phi) is 6.25. The van der Waals surface area contributed by atoms with Crippen LogP contribution in [-0.2, 0) is 10.0 Å². The number of fused-ring (bicyclic) bond motifs is 1. The molecular formula is C23H22ClNO5S. The molecule has 0 N–H and O–H groups in total. The van der Waals surface area contributed by atoms with Crippen LogP contribution >= 0.6 is 11.6 Å². The molecule has 0 aromatic heterocycles. The number of ether oxygens (including phenoxy) is 3. The fraction of sp³-hybridized carbons (Fsp3) is 0.217. The molecule has 1 heterocycles. The number of halogens is 1. The molecule has 0 saturated carbocycles.